The lowest BCUT2D eigenvalue weighted by Gasteiger charge is -2.35. The molecule has 118 valence electrons. The lowest BCUT2D eigenvalue weighted by molar-refractivity contribution is 0.244. The second kappa shape index (κ2) is 6.18. The molecule has 5 nitrogen and oxygen atoms in total. The van der Waals surface area contributed by atoms with Crippen molar-refractivity contribution in [3.05, 3.63) is 11.4 Å². The van der Waals surface area contributed by atoms with Crippen molar-refractivity contribution in [1.29, 1.82) is 0 Å². The molecule has 0 aromatic carbocycles. The molecular formula is C16H28N4O. The van der Waals surface area contributed by atoms with Gasteiger partial charge in [-0.2, -0.15) is 0 Å². The number of aliphatic hydroxyl groups excluding tert-OH is 1. The molecule has 1 atom stereocenters. The van der Waals surface area contributed by atoms with E-state index >= 15 is 0 Å². The average Bonchev–Trinajstić information content (AvgIpc) is 2.41. The molecule has 1 aromatic heterocycles. The lowest BCUT2D eigenvalue weighted by atomic mass is 9.94. The minimum Gasteiger partial charge on any atom is -0.396 e. The zero-order valence-electron chi connectivity index (χ0n) is 13.7. The van der Waals surface area contributed by atoms with Crippen LogP contribution in [0.25, 0.3) is 0 Å². The van der Waals surface area contributed by atoms with Crippen LogP contribution in [0.4, 0.5) is 11.6 Å². The van der Waals surface area contributed by atoms with Gasteiger partial charge in [0.05, 0.1) is 0 Å². The largest absolute Gasteiger partial charge is 0.396 e. The molecule has 0 radical (unpaired) electrons. The maximum Gasteiger partial charge on any atom is 0.138 e. The van der Waals surface area contributed by atoms with E-state index in [1.54, 1.807) is 0 Å². The number of piperidine rings is 1. The Morgan fingerprint density at radius 1 is 1.33 bits per heavy atom. The van der Waals surface area contributed by atoms with Crippen LogP contribution in [0.3, 0.4) is 0 Å². The third-order valence-corrected chi connectivity index (χ3v) is 4.18. The van der Waals surface area contributed by atoms with Gasteiger partial charge in [0.2, 0.25) is 0 Å². The molecule has 0 bridgehead atoms. The molecule has 0 spiro atoms. The van der Waals surface area contributed by atoms with Crippen molar-refractivity contribution in [1.82, 2.24) is 9.97 Å². The van der Waals surface area contributed by atoms with E-state index in [9.17, 15) is 0 Å². The van der Waals surface area contributed by atoms with Crippen molar-refractivity contribution in [2.75, 3.05) is 30.3 Å². The molecule has 1 saturated heterocycles. The van der Waals surface area contributed by atoms with Gasteiger partial charge in [-0.25, -0.2) is 9.97 Å². The predicted octanol–water partition coefficient (Wildman–Crippen LogP) is 2.26. The van der Waals surface area contributed by atoms with Crippen molar-refractivity contribution in [2.24, 2.45) is 5.92 Å². The van der Waals surface area contributed by atoms with Crippen molar-refractivity contribution in [3.63, 3.8) is 0 Å². The van der Waals surface area contributed by atoms with Gasteiger partial charge in [0.15, 0.2) is 0 Å². The van der Waals surface area contributed by atoms with Crippen molar-refractivity contribution in [3.8, 4) is 0 Å². The summed E-state index contributed by atoms with van der Waals surface area (Å²) in [5.74, 6) is 2.88. The predicted molar refractivity (Wildman–Crippen MR) is 86.5 cm³/mol. The number of nitrogens with zero attached hydrogens (tertiary/aromatic N) is 3. The molecule has 1 aliphatic rings. The fraction of sp³-hybridized carbons (Fsp3) is 0.750. The summed E-state index contributed by atoms with van der Waals surface area (Å²) in [4.78, 5) is 11.6. The number of anilines is 2. The monoisotopic (exact) mass is 292 g/mol. The highest BCUT2D eigenvalue weighted by atomic mass is 16.3. The van der Waals surface area contributed by atoms with Crippen LogP contribution in [0.1, 0.15) is 51.4 Å². The van der Waals surface area contributed by atoms with Crippen LogP contribution in [0.5, 0.6) is 0 Å². The van der Waals surface area contributed by atoms with E-state index in [0.29, 0.717) is 11.7 Å². The second-order valence-electron chi connectivity index (χ2n) is 7.10. The molecule has 1 unspecified atom stereocenters. The first kappa shape index (κ1) is 16.0. The highest BCUT2D eigenvalue weighted by Gasteiger charge is 2.26. The van der Waals surface area contributed by atoms with Crippen LogP contribution >= 0.6 is 0 Å². The first-order valence-electron chi connectivity index (χ1n) is 7.83. The van der Waals surface area contributed by atoms with Gasteiger partial charge in [-0.1, -0.05) is 20.8 Å². The van der Waals surface area contributed by atoms with Crippen LogP contribution in [0, 0.1) is 12.8 Å². The summed E-state index contributed by atoms with van der Waals surface area (Å²) < 4.78 is 0. The van der Waals surface area contributed by atoms with Crippen molar-refractivity contribution < 1.29 is 5.11 Å². The van der Waals surface area contributed by atoms with Gasteiger partial charge < -0.3 is 15.7 Å². The van der Waals surface area contributed by atoms with Crippen LogP contribution in [-0.4, -0.2) is 34.8 Å². The molecular weight excluding hydrogens is 264 g/mol. The van der Waals surface area contributed by atoms with Gasteiger partial charge >= 0.3 is 0 Å². The molecule has 2 rings (SSSR count). The highest BCUT2D eigenvalue weighted by Crippen LogP contribution is 2.30. The van der Waals surface area contributed by atoms with Gasteiger partial charge in [0.1, 0.15) is 17.5 Å². The van der Waals surface area contributed by atoms with Crippen molar-refractivity contribution in [2.45, 2.75) is 52.4 Å². The summed E-state index contributed by atoms with van der Waals surface area (Å²) in [5, 5.41) is 9.16. The molecule has 0 amide bonds. The Balaban J connectivity index is 2.32. The minimum absolute atomic E-state index is 0.114. The first-order valence-corrected chi connectivity index (χ1v) is 7.83. The minimum atomic E-state index is -0.114. The first-order chi connectivity index (χ1) is 9.82. The Bertz CT molecular complexity index is 494. The molecule has 2 heterocycles. The molecule has 21 heavy (non-hydrogen) atoms. The van der Waals surface area contributed by atoms with E-state index in [1.165, 1.54) is 6.42 Å². The number of nitrogens with two attached hydrogens (primary N) is 1. The molecule has 5 heteroatoms. The summed E-state index contributed by atoms with van der Waals surface area (Å²) in [6.07, 6.45) is 3.18. The number of hydrogen-bond acceptors (Lipinski definition) is 5. The summed E-state index contributed by atoms with van der Waals surface area (Å²) in [6, 6.07) is 0. The normalized spacial score (nSPS) is 19.9. The molecule has 0 saturated carbocycles. The Morgan fingerprint density at radius 2 is 2.05 bits per heavy atom. The van der Waals surface area contributed by atoms with Gasteiger partial charge in [-0.3, -0.25) is 0 Å². The fourth-order valence-electron chi connectivity index (χ4n) is 2.84. The molecule has 3 N–H and O–H groups in total. The number of hydrogen-bond donors (Lipinski definition) is 2. The summed E-state index contributed by atoms with van der Waals surface area (Å²) in [5.41, 5.74) is 6.95. The smallest absolute Gasteiger partial charge is 0.138 e. The van der Waals surface area contributed by atoms with E-state index in [1.807, 2.05) is 6.92 Å². The third kappa shape index (κ3) is 3.64. The number of rotatable bonds is 3. The van der Waals surface area contributed by atoms with Crippen molar-refractivity contribution >= 4 is 11.6 Å². The van der Waals surface area contributed by atoms with Gasteiger partial charge in [-0.05, 0) is 32.1 Å². The van der Waals surface area contributed by atoms with E-state index in [-0.39, 0.29) is 12.0 Å². The van der Waals surface area contributed by atoms with E-state index < -0.39 is 0 Å². The average molecular weight is 292 g/mol. The highest BCUT2D eigenvalue weighted by molar-refractivity contribution is 5.57. The quantitative estimate of drug-likeness (QED) is 0.894. The van der Waals surface area contributed by atoms with E-state index in [0.717, 1.165) is 43.1 Å². The van der Waals surface area contributed by atoms with E-state index in [2.05, 4.69) is 30.7 Å². The summed E-state index contributed by atoms with van der Waals surface area (Å²) in [7, 11) is 0. The number of aliphatic hydroxyl groups is 1. The molecule has 1 fully saturated rings. The maximum atomic E-state index is 9.16. The number of nitrogen functional groups attached to an aromatic ring is 1. The zero-order chi connectivity index (χ0) is 15.6. The van der Waals surface area contributed by atoms with Crippen LogP contribution < -0.4 is 10.6 Å². The Kier molecular flexibility index (Phi) is 4.71. The SMILES string of the molecule is Cc1c(N)nc(C(C)(C)C)nc1N1CCCC(CCO)C1. The van der Waals surface area contributed by atoms with Crippen LogP contribution in [0.15, 0.2) is 0 Å². The fourth-order valence-corrected chi connectivity index (χ4v) is 2.84. The maximum absolute atomic E-state index is 9.16. The van der Waals surface area contributed by atoms with Gasteiger partial charge in [0.25, 0.3) is 0 Å². The Labute approximate surface area is 127 Å². The van der Waals surface area contributed by atoms with Crippen LogP contribution in [-0.2, 0) is 5.41 Å². The summed E-state index contributed by atoms with van der Waals surface area (Å²) >= 11 is 0. The number of aromatic nitrogens is 2. The topological polar surface area (TPSA) is 75.3 Å². The molecule has 1 aliphatic heterocycles. The molecule has 1 aromatic rings. The second-order valence-corrected chi connectivity index (χ2v) is 7.10. The molecule has 0 aliphatic carbocycles. The Morgan fingerprint density at radius 3 is 2.67 bits per heavy atom. The third-order valence-electron chi connectivity index (χ3n) is 4.18. The van der Waals surface area contributed by atoms with Gasteiger partial charge in [0, 0.05) is 30.7 Å². The zero-order valence-corrected chi connectivity index (χ0v) is 13.7. The van der Waals surface area contributed by atoms with E-state index in [4.69, 9.17) is 15.8 Å². The van der Waals surface area contributed by atoms with Crippen LogP contribution in [0.2, 0.25) is 0 Å². The lowest BCUT2D eigenvalue weighted by Crippen LogP contribution is -2.37. The standard InChI is InChI=1S/C16H28N4O/c1-11-13(17)18-15(16(2,3)4)19-14(11)20-8-5-6-12(10-20)7-9-21/h12,21H,5-10H2,1-4H3,(H2,17,18,19). The van der Waals surface area contributed by atoms with Gasteiger partial charge in [-0.15, -0.1) is 0 Å². The Hall–Kier alpha value is -1.36. The summed E-state index contributed by atoms with van der Waals surface area (Å²) in [6.45, 7) is 10.5.